The highest BCUT2D eigenvalue weighted by Crippen LogP contribution is 2.38. The lowest BCUT2D eigenvalue weighted by atomic mass is 9.35. The second kappa shape index (κ2) is 15.2. The second-order valence-electron chi connectivity index (χ2n) is 18.7. The number of nitrogens with zero attached hydrogens (tertiary/aromatic N) is 3. The Morgan fingerprint density at radius 3 is 0.586 bits per heavy atom. The molecule has 12 aromatic carbocycles. The Kier molecular flexibility index (Phi) is 8.45. The van der Waals surface area contributed by atoms with Gasteiger partial charge >= 0.3 is 0 Å². The molecule has 0 saturated carbocycles. The van der Waals surface area contributed by atoms with Gasteiger partial charge in [-0.15, -0.1) is 0 Å². The minimum Gasteiger partial charge on any atom is -0.309 e. The van der Waals surface area contributed by atoms with Crippen LogP contribution in [0.1, 0.15) is 0 Å². The topological polar surface area (TPSA) is 14.8 Å². The molecule has 0 bridgehead atoms. The zero-order chi connectivity index (χ0) is 45.9. The fourth-order valence-corrected chi connectivity index (χ4v) is 12.3. The maximum atomic E-state index is 2.47. The summed E-state index contributed by atoms with van der Waals surface area (Å²) < 4.78 is 7.41. The van der Waals surface area contributed by atoms with Gasteiger partial charge in [-0.25, -0.2) is 0 Å². The molecule has 0 unspecified atom stereocenters. The third-order valence-electron chi connectivity index (χ3n) is 15.2. The Hall–Kier alpha value is -9.12. The molecule has 324 valence electrons. The van der Waals surface area contributed by atoms with Crippen molar-refractivity contribution in [1.29, 1.82) is 0 Å². The highest BCUT2D eigenvalue weighted by atomic mass is 15.0. The van der Waals surface area contributed by atoms with E-state index in [1.54, 1.807) is 0 Å². The Morgan fingerprint density at radius 2 is 0.357 bits per heavy atom. The second-order valence-corrected chi connectivity index (χ2v) is 18.7. The standard InChI is InChI=1S/C66H42BN3/c1-4-22-46-43(19-1)55(37-40-64(46)68-58-31-13-7-25-49(58)50-26-8-14-32-59(50)68)67(56-38-41-65(47-23-5-2-20-44(47)56)69-60-33-15-9-27-51(60)52-28-10-16-34-61(52)69)57-39-42-66(48-24-6-3-21-45(48)57)70-62-35-17-11-29-53(62)54-30-12-18-36-63(54)70/h1-42H. The molecule has 3 nitrogen and oxygen atoms in total. The summed E-state index contributed by atoms with van der Waals surface area (Å²) in [5.41, 5.74) is 14.6. The average molecular weight is 888 g/mol. The predicted molar refractivity (Wildman–Crippen MR) is 300 cm³/mol. The highest BCUT2D eigenvalue weighted by molar-refractivity contribution is 6.99. The average Bonchev–Trinajstić information content (AvgIpc) is 4.07. The van der Waals surface area contributed by atoms with E-state index in [0.717, 1.165) is 0 Å². The van der Waals surface area contributed by atoms with Gasteiger partial charge in [0.05, 0.1) is 50.2 Å². The van der Waals surface area contributed by atoms with Crippen LogP contribution in [0.15, 0.2) is 255 Å². The Bertz CT molecular complexity index is 4000. The molecule has 0 radical (unpaired) electrons. The van der Waals surface area contributed by atoms with Gasteiger partial charge in [0.25, 0.3) is 0 Å². The monoisotopic (exact) mass is 887 g/mol. The summed E-state index contributed by atoms with van der Waals surface area (Å²) in [6.07, 6.45) is 0. The van der Waals surface area contributed by atoms with Gasteiger partial charge in [-0.3, -0.25) is 0 Å². The molecule has 0 amide bonds. The van der Waals surface area contributed by atoms with E-state index in [2.05, 4.69) is 268 Å². The van der Waals surface area contributed by atoms with Crippen molar-refractivity contribution in [3.05, 3.63) is 255 Å². The van der Waals surface area contributed by atoms with E-state index in [0.29, 0.717) is 0 Å². The first-order chi connectivity index (χ1) is 34.8. The summed E-state index contributed by atoms with van der Waals surface area (Å²) in [7, 11) is 0. The molecule has 3 heterocycles. The molecule has 0 spiro atoms. The number of fused-ring (bicyclic) bond motifs is 12. The number of hydrogen-bond acceptors (Lipinski definition) is 0. The van der Waals surface area contributed by atoms with Crippen LogP contribution in [0.4, 0.5) is 0 Å². The van der Waals surface area contributed by atoms with Crippen molar-refractivity contribution in [2.45, 2.75) is 0 Å². The van der Waals surface area contributed by atoms with Gasteiger partial charge in [0.15, 0.2) is 0 Å². The summed E-state index contributed by atoms with van der Waals surface area (Å²) >= 11 is 0. The molecule has 4 heteroatoms. The minimum absolute atomic E-state index is 0.147. The van der Waals surface area contributed by atoms with E-state index in [9.17, 15) is 0 Å². The molecule has 15 aromatic rings. The molecule has 0 saturated heterocycles. The lowest BCUT2D eigenvalue weighted by molar-refractivity contribution is 1.20. The van der Waals surface area contributed by atoms with E-state index >= 15 is 0 Å². The molecule has 0 fully saturated rings. The molecule has 0 atom stereocenters. The van der Waals surface area contributed by atoms with Gasteiger partial charge < -0.3 is 13.7 Å². The van der Waals surface area contributed by atoms with Crippen LogP contribution in [0.3, 0.4) is 0 Å². The maximum absolute atomic E-state index is 2.47. The summed E-state index contributed by atoms with van der Waals surface area (Å²) in [6.45, 7) is -0.147. The van der Waals surface area contributed by atoms with Gasteiger partial charge in [-0.1, -0.05) is 217 Å². The highest BCUT2D eigenvalue weighted by Gasteiger charge is 2.30. The van der Waals surface area contributed by atoms with Crippen molar-refractivity contribution in [2.24, 2.45) is 0 Å². The molecular weight excluding hydrogens is 846 g/mol. The third-order valence-corrected chi connectivity index (χ3v) is 15.2. The fraction of sp³-hybridized carbons (Fsp3) is 0. The van der Waals surface area contributed by atoms with Crippen LogP contribution in [0.2, 0.25) is 0 Å². The molecule has 15 rings (SSSR count). The summed E-state index contributed by atoms with van der Waals surface area (Å²) in [4.78, 5) is 0. The van der Waals surface area contributed by atoms with Gasteiger partial charge in [-0.2, -0.15) is 0 Å². The first-order valence-corrected chi connectivity index (χ1v) is 24.3. The van der Waals surface area contributed by atoms with Crippen LogP contribution < -0.4 is 16.4 Å². The number of rotatable bonds is 6. The normalized spacial score (nSPS) is 12.0. The lowest BCUT2D eigenvalue weighted by Gasteiger charge is -2.24. The number of benzene rings is 12. The molecule has 0 N–H and O–H groups in total. The smallest absolute Gasteiger partial charge is 0.243 e. The van der Waals surface area contributed by atoms with Gasteiger partial charge in [0.1, 0.15) is 0 Å². The van der Waals surface area contributed by atoms with Crippen LogP contribution in [-0.4, -0.2) is 20.4 Å². The Labute approximate surface area is 404 Å². The van der Waals surface area contributed by atoms with E-state index in [4.69, 9.17) is 0 Å². The zero-order valence-electron chi connectivity index (χ0n) is 38.2. The quantitative estimate of drug-likeness (QED) is 0.148. The first kappa shape index (κ1) is 38.9. The molecular formula is C66H42BN3. The van der Waals surface area contributed by atoms with Crippen molar-refractivity contribution in [1.82, 2.24) is 13.7 Å². The van der Waals surface area contributed by atoms with Crippen LogP contribution in [0.5, 0.6) is 0 Å². The molecule has 0 aliphatic heterocycles. The summed E-state index contributed by atoms with van der Waals surface area (Å²) in [6, 6.07) is 94.6. The molecule has 70 heavy (non-hydrogen) atoms. The van der Waals surface area contributed by atoms with Crippen molar-refractivity contribution >= 4 is 121 Å². The molecule has 0 aliphatic carbocycles. The largest absolute Gasteiger partial charge is 0.309 e. The SMILES string of the molecule is c1ccc2c(-n3c4ccccc4c4ccccc43)ccc(B(c3ccc(-n4c5ccccc5c5ccccc54)c4ccccc34)c3ccc(-n4c5ccccc5c5ccccc54)c4ccccc34)c2c1. The maximum Gasteiger partial charge on any atom is 0.243 e. The van der Waals surface area contributed by atoms with Crippen molar-refractivity contribution in [2.75, 3.05) is 0 Å². The van der Waals surface area contributed by atoms with Crippen LogP contribution in [0.25, 0.3) is 115 Å². The van der Waals surface area contributed by atoms with Gasteiger partial charge in [-0.05, 0) is 70.8 Å². The number of para-hydroxylation sites is 6. The van der Waals surface area contributed by atoms with E-state index in [1.165, 1.54) is 131 Å². The Balaban J connectivity index is 1.03. The summed E-state index contributed by atoms with van der Waals surface area (Å²) in [5.74, 6) is 0. The van der Waals surface area contributed by atoms with Crippen LogP contribution in [-0.2, 0) is 0 Å². The Morgan fingerprint density at radius 1 is 0.171 bits per heavy atom. The number of hydrogen-bond donors (Lipinski definition) is 0. The third kappa shape index (κ3) is 5.53. The van der Waals surface area contributed by atoms with Gasteiger partial charge in [0, 0.05) is 48.5 Å². The first-order valence-electron chi connectivity index (χ1n) is 24.3. The van der Waals surface area contributed by atoms with Crippen molar-refractivity contribution < 1.29 is 0 Å². The lowest BCUT2D eigenvalue weighted by Crippen LogP contribution is -2.53. The molecule has 0 aliphatic rings. The molecule has 3 aromatic heterocycles. The summed E-state index contributed by atoms with van der Waals surface area (Å²) in [5, 5.41) is 14.9. The van der Waals surface area contributed by atoms with E-state index in [1.807, 2.05) is 0 Å². The van der Waals surface area contributed by atoms with Crippen LogP contribution in [0, 0.1) is 0 Å². The number of aromatic nitrogens is 3. The van der Waals surface area contributed by atoms with E-state index in [-0.39, 0.29) is 6.71 Å². The fourth-order valence-electron chi connectivity index (χ4n) is 12.3. The zero-order valence-corrected chi connectivity index (χ0v) is 38.2. The minimum atomic E-state index is -0.147. The van der Waals surface area contributed by atoms with Crippen LogP contribution >= 0.6 is 0 Å². The van der Waals surface area contributed by atoms with E-state index < -0.39 is 0 Å². The van der Waals surface area contributed by atoms with Gasteiger partial charge in [0.2, 0.25) is 6.71 Å². The predicted octanol–water partition coefficient (Wildman–Crippen LogP) is 15.0. The van der Waals surface area contributed by atoms with Crippen molar-refractivity contribution in [3.8, 4) is 17.1 Å². The van der Waals surface area contributed by atoms with Crippen molar-refractivity contribution in [3.63, 3.8) is 0 Å².